The lowest BCUT2D eigenvalue weighted by Gasteiger charge is -2.00. The van der Waals surface area contributed by atoms with Gasteiger partial charge in [0.1, 0.15) is 11.1 Å². The van der Waals surface area contributed by atoms with E-state index in [4.69, 9.17) is 9.52 Å². The molecule has 0 saturated heterocycles. The average molecular weight is 229 g/mol. The fourth-order valence-corrected chi connectivity index (χ4v) is 1.88. The van der Waals surface area contributed by atoms with E-state index in [2.05, 4.69) is 4.98 Å². The third-order valence-corrected chi connectivity index (χ3v) is 2.68. The lowest BCUT2D eigenvalue weighted by molar-refractivity contribution is 0.0695. The number of hydrogen-bond acceptors (Lipinski definition) is 3. The molecule has 0 fully saturated rings. The van der Waals surface area contributed by atoms with E-state index in [0.717, 1.165) is 5.39 Å². The molecule has 2 N–H and O–H groups in total. The Hall–Kier alpha value is -2.56. The van der Waals surface area contributed by atoms with Crippen molar-refractivity contribution in [2.45, 2.75) is 0 Å². The Bertz CT molecular complexity index is 797. The van der Waals surface area contributed by atoms with Crippen molar-refractivity contribution in [3.05, 3.63) is 46.4 Å². The smallest absolute Gasteiger partial charge is 0.341 e. The zero-order valence-electron chi connectivity index (χ0n) is 8.56. The van der Waals surface area contributed by atoms with Gasteiger partial charge in [0, 0.05) is 5.39 Å². The summed E-state index contributed by atoms with van der Waals surface area (Å²) in [6, 6.07) is 6.54. The molecule has 84 valence electrons. The maximum absolute atomic E-state index is 11.6. The van der Waals surface area contributed by atoms with E-state index < -0.39 is 11.5 Å². The van der Waals surface area contributed by atoms with Crippen LogP contribution in [0.25, 0.3) is 21.9 Å². The van der Waals surface area contributed by atoms with Crippen LogP contribution < -0.4 is 5.56 Å². The normalized spacial score (nSPS) is 11.1. The van der Waals surface area contributed by atoms with Gasteiger partial charge < -0.3 is 14.5 Å². The summed E-state index contributed by atoms with van der Waals surface area (Å²) >= 11 is 0. The summed E-state index contributed by atoms with van der Waals surface area (Å²) in [5.41, 5.74) is 0.363. The van der Waals surface area contributed by atoms with Crippen LogP contribution in [0.15, 0.2) is 39.7 Å². The Labute approximate surface area is 94.3 Å². The van der Waals surface area contributed by atoms with Crippen molar-refractivity contribution in [3.63, 3.8) is 0 Å². The number of aromatic amines is 1. The second-order valence-electron chi connectivity index (χ2n) is 3.68. The summed E-state index contributed by atoms with van der Waals surface area (Å²) in [7, 11) is 0. The SMILES string of the molecule is O=C(O)c1cc2ccc3occc3c2[nH]c1=O. The summed E-state index contributed by atoms with van der Waals surface area (Å²) in [6.45, 7) is 0. The van der Waals surface area contributed by atoms with Gasteiger partial charge in [-0.3, -0.25) is 4.79 Å². The van der Waals surface area contributed by atoms with Crippen molar-refractivity contribution < 1.29 is 14.3 Å². The molecule has 0 aliphatic rings. The van der Waals surface area contributed by atoms with Crippen LogP contribution >= 0.6 is 0 Å². The molecule has 17 heavy (non-hydrogen) atoms. The lowest BCUT2D eigenvalue weighted by atomic mass is 10.1. The summed E-state index contributed by atoms with van der Waals surface area (Å²) < 4.78 is 5.21. The number of aromatic nitrogens is 1. The van der Waals surface area contributed by atoms with E-state index in [9.17, 15) is 9.59 Å². The highest BCUT2D eigenvalue weighted by Crippen LogP contribution is 2.23. The molecule has 1 aromatic carbocycles. The zero-order chi connectivity index (χ0) is 12.0. The van der Waals surface area contributed by atoms with Gasteiger partial charge in [0.2, 0.25) is 0 Å². The van der Waals surface area contributed by atoms with E-state index in [1.807, 2.05) is 0 Å². The van der Waals surface area contributed by atoms with Crippen LogP contribution in [0.2, 0.25) is 0 Å². The number of H-pyrrole nitrogens is 1. The Morgan fingerprint density at radius 3 is 2.88 bits per heavy atom. The first-order valence-electron chi connectivity index (χ1n) is 4.93. The number of carboxylic acids is 1. The number of benzene rings is 1. The van der Waals surface area contributed by atoms with E-state index in [1.54, 1.807) is 18.2 Å². The van der Waals surface area contributed by atoms with Gasteiger partial charge in [0.15, 0.2) is 0 Å². The molecule has 0 amide bonds. The number of carbonyl (C=O) groups is 1. The number of carboxylic acid groups (broad SMARTS) is 1. The molecule has 2 aromatic heterocycles. The third kappa shape index (κ3) is 1.32. The van der Waals surface area contributed by atoms with Gasteiger partial charge in [0.05, 0.1) is 11.8 Å². The quantitative estimate of drug-likeness (QED) is 0.668. The van der Waals surface area contributed by atoms with Crippen LogP contribution in [-0.4, -0.2) is 16.1 Å². The topological polar surface area (TPSA) is 83.3 Å². The Kier molecular flexibility index (Phi) is 1.82. The Morgan fingerprint density at radius 2 is 2.12 bits per heavy atom. The summed E-state index contributed by atoms with van der Waals surface area (Å²) in [5, 5.41) is 10.3. The molecule has 3 aromatic rings. The number of furan rings is 1. The minimum absolute atomic E-state index is 0.264. The molecule has 0 saturated carbocycles. The van der Waals surface area contributed by atoms with Gasteiger partial charge in [-0.2, -0.15) is 0 Å². The van der Waals surface area contributed by atoms with E-state index in [-0.39, 0.29) is 5.56 Å². The van der Waals surface area contributed by atoms with Gasteiger partial charge in [0.25, 0.3) is 5.56 Å². The highest BCUT2D eigenvalue weighted by molar-refractivity contribution is 6.04. The minimum atomic E-state index is -1.24. The van der Waals surface area contributed by atoms with Crippen LogP contribution in [0.5, 0.6) is 0 Å². The predicted molar refractivity (Wildman–Crippen MR) is 61.3 cm³/mol. The van der Waals surface area contributed by atoms with Crippen molar-refractivity contribution in [2.75, 3.05) is 0 Å². The minimum Gasteiger partial charge on any atom is -0.477 e. The highest BCUT2D eigenvalue weighted by Gasteiger charge is 2.11. The summed E-state index contributed by atoms with van der Waals surface area (Å²) in [5.74, 6) is -1.24. The number of hydrogen-bond donors (Lipinski definition) is 2. The van der Waals surface area contributed by atoms with Crippen LogP contribution in [-0.2, 0) is 0 Å². The van der Waals surface area contributed by atoms with Gasteiger partial charge >= 0.3 is 5.97 Å². The second kappa shape index (κ2) is 3.21. The van der Waals surface area contributed by atoms with E-state index >= 15 is 0 Å². The van der Waals surface area contributed by atoms with Crippen LogP contribution in [0.3, 0.4) is 0 Å². The van der Waals surface area contributed by atoms with Crippen molar-refractivity contribution >= 4 is 27.8 Å². The van der Waals surface area contributed by atoms with Crippen molar-refractivity contribution in [1.82, 2.24) is 4.98 Å². The van der Waals surface area contributed by atoms with E-state index in [1.165, 1.54) is 12.3 Å². The van der Waals surface area contributed by atoms with Gasteiger partial charge in [-0.1, -0.05) is 0 Å². The van der Waals surface area contributed by atoms with Gasteiger partial charge in [-0.05, 0) is 29.7 Å². The van der Waals surface area contributed by atoms with Crippen molar-refractivity contribution in [2.24, 2.45) is 0 Å². The third-order valence-electron chi connectivity index (χ3n) is 2.68. The van der Waals surface area contributed by atoms with Gasteiger partial charge in [-0.25, -0.2) is 4.79 Å². The van der Waals surface area contributed by atoms with Crippen LogP contribution in [0, 0.1) is 0 Å². The van der Waals surface area contributed by atoms with E-state index in [0.29, 0.717) is 16.5 Å². The molecule has 0 radical (unpaired) electrons. The molecule has 0 atom stereocenters. The molecule has 5 nitrogen and oxygen atoms in total. The van der Waals surface area contributed by atoms with Gasteiger partial charge in [-0.15, -0.1) is 0 Å². The van der Waals surface area contributed by atoms with Crippen molar-refractivity contribution in [1.29, 1.82) is 0 Å². The molecular weight excluding hydrogens is 222 g/mol. The average Bonchev–Trinajstić information content (AvgIpc) is 2.76. The number of rotatable bonds is 1. The first kappa shape index (κ1) is 9.65. The highest BCUT2D eigenvalue weighted by atomic mass is 16.4. The number of fused-ring (bicyclic) bond motifs is 3. The molecule has 0 spiro atoms. The summed E-state index contributed by atoms with van der Waals surface area (Å²) in [6.07, 6.45) is 1.52. The molecule has 0 bridgehead atoms. The van der Waals surface area contributed by atoms with Crippen LogP contribution in [0.4, 0.5) is 0 Å². The number of pyridine rings is 1. The number of aromatic carboxylic acids is 1. The molecule has 0 aliphatic heterocycles. The molecule has 3 rings (SSSR count). The van der Waals surface area contributed by atoms with Crippen LogP contribution in [0.1, 0.15) is 10.4 Å². The Morgan fingerprint density at radius 1 is 1.29 bits per heavy atom. The fourth-order valence-electron chi connectivity index (χ4n) is 1.88. The molecular formula is C12H7NO4. The maximum atomic E-state index is 11.6. The van der Waals surface area contributed by atoms with Crippen molar-refractivity contribution in [3.8, 4) is 0 Å². The standard InChI is InChI=1S/C12H7NO4/c14-11-8(12(15)16)5-6-1-2-9-7(3-4-17-9)10(6)13-11/h1-5H,(H,13,14)(H,15,16). The zero-order valence-corrected chi connectivity index (χ0v) is 8.56. The first-order chi connectivity index (χ1) is 8.16. The maximum Gasteiger partial charge on any atom is 0.341 e. The summed E-state index contributed by atoms with van der Waals surface area (Å²) in [4.78, 5) is 25.0. The number of nitrogens with one attached hydrogen (secondary N) is 1. The molecule has 5 heteroatoms. The first-order valence-corrected chi connectivity index (χ1v) is 4.93. The molecule has 0 aliphatic carbocycles. The Balaban J connectivity index is 2.51. The molecule has 0 unspecified atom stereocenters. The largest absolute Gasteiger partial charge is 0.477 e. The lowest BCUT2D eigenvalue weighted by Crippen LogP contribution is -2.16. The second-order valence-corrected chi connectivity index (χ2v) is 3.68. The monoisotopic (exact) mass is 229 g/mol. The predicted octanol–water partition coefficient (Wildman–Crippen LogP) is 1.97. The molecule has 2 heterocycles. The fraction of sp³-hybridized carbons (Fsp3) is 0.